The van der Waals surface area contributed by atoms with E-state index in [4.69, 9.17) is 19.7 Å². The molecule has 20 heavy (non-hydrogen) atoms. The van der Waals surface area contributed by atoms with E-state index in [2.05, 4.69) is 17.2 Å². The topological polar surface area (TPSA) is 90.0 Å². The molecule has 1 unspecified atom stereocenters. The number of carbonyl (C=O) groups excluding carboxylic acids is 1. The average molecular weight is 285 g/mol. The van der Waals surface area contributed by atoms with Crippen LogP contribution in [0.3, 0.4) is 0 Å². The molecule has 3 N–H and O–H groups in total. The fourth-order valence-corrected chi connectivity index (χ4v) is 1.95. The van der Waals surface area contributed by atoms with Crippen LogP contribution in [-0.4, -0.2) is 50.8 Å². The second-order valence-electron chi connectivity index (χ2n) is 4.52. The summed E-state index contributed by atoms with van der Waals surface area (Å²) in [4.78, 5) is 13.7. The summed E-state index contributed by atoms with van der Waals surface area (Å²) in [5.41, 5.74) is 2.86. The molecule has 1 aromatic heterocycles. The second kappa shape index (κ2) is 8.70. The molecule has 0 saturated heterocycles. The maximum atomic E-state index is 11.6. The minimum atomic E-state index is -0.434. The number of carbonyl (C=O) groups is 1. The van der Waals surface area contributed by atoms with Crippen LogP contribution in [0.1, 0.15) is 23.0 Å². The molecule has 0 radical (unpaired) electrons. The minimum Gasteiger partial charge on any atom is -0.459 e. The number of nitrogens with one attached hydrogen (secondary N) is 1. The van der Waals surface area contributed by atoms with Crippen molar-refractivity contribution in [3.05, 3.63) is 23.7 Å². The molecule has 114 valence electrons. The van der Waals surface area contributed by atoms with Crippen LogP contribution < -0.4 is 11.3 Å². The Labute approximate surface area is 119 Å². The summed E-state index contributed by atoms with van der Waals surface area (Å²) in [6, 6.07) is 1.96. The van der Waals surface area contributed by atoms with Crippen molar-refractivity contribution in [2.75, 3.05) is 34.0 Å². The number of ether oxygens (including phenoxy) is 2. The Morgan fingerprint density at radius 3 is 2.85 bits per heavy atom. The summed E-state index contributed by atoms with van der Waals surface area (Å²) in [5.74, 6) is 4.94. The molecule has 1 atom stereocenters. The molecule has 0 aliphatic rings. The lowest BCUT2D eigenvalue weighted by Crippen LogP contribution is -2.38. The Morgan fingerprint density at radius 1 is 1.50 bits per heavy atom. The summed E-state index contributed by atoms with van der Waals surface area (Å²) in [6.45, 7) is 4.55. The molecule has 0 saturated carbocycles. The number of nitrogens with zero attached hydrogens (tertiary/aromatic N) is 1. The zero-order chi connectivity index (χ0) is 15.0. The Hall–Kier alpha value is -1.41. The monoisotopic (exact) mass is 285 g/mol. The number of nitrogens with two attached hydrogens (primary N) is 1. The highest BCUT2D eigenvalue weighted by Gasteiger charge is 2.20. The maximum Gasteiger partial charge on any atom is 0.301 e. The van der Waals surface area contributed by atoms with E-state index in [1.165, 1.54) is 6.26 Å². The molecular weight excluding hydrogens is 262 g/mol. The van der Waals surface area contributed by atoms with Crippen LogP contribution in [0.2, 0.25) is 0 Å². The third kappa shape index (κ3) is 4.61. The van der Waals surface area contributed by atoms with E-state index >= 15 is 0 Å². The van der Waals surface area contributed by atoms with Crippen molar-refractivity contribution in [3.8, 4) is 0 Å². The number of rotatable bonds is 9. The van der Waals surface area contributed by atoms with Crippen LogP contribution in [0.25, 0.3) is 0 Å². The average Bonchev–Trinajstić information content (AvgIpc) is 2.90. The second-order valence-corrected chi connectivity index (χ2v) is 4.52. The lowest BCUT2D eigenvalue weighted by atomic mass is 10.2. The van der Waals surface area contributed by atoms with Gasteiger partial charge in [0.25, 0.3) is 0 Å². The van der Waals surface area contributed by atoms with Gasteiger partial charge in [-0.05, 0) is 13.0 Å². The first-order valence-electron chi connectivity index (χ1n) is 6.43. The minimum absolute atomic E-state index is 0.193. The normalized spacial score (nSPS) is 12.7. The molecule has 1 rings (SSSR count). The van der Waals surface area contributed by atoms with Crippen molar-refractivity contribution in [2.45, 2.75) is 19.5 Å². The molecule has 1 amide bonds. The molecule has 7 heteroatoms. The third-order valence-corrected chi connectivity index (χ3v) is 3.07. The molecule has 0 bridgehead atoms. The van der Waals surface area contributed by atoms with Gasteiger partial charge in [0.15, 0.2) is 5.76 Å². The number of hydrogen-bond donors (Lipinski definition) is 2. The number of hydrogen-bond acceptors (Lipinski definition) is 6. The van der Waals surface area contributed by atoms with Crippen molar-refractivity contribution >= 4 is 5.91 Å². The lowest BCUT2D eigenvalue weighted by Gasteiger charge is -2.28. The Bertz CT molecular complexity index is 408. The van der Waals surface area contributed by atoms with E-state index in [-0.39, 0.29) is 11.8 Å². The fraction of sp³-hybridized carbons (Fsp3) is 0.615. The summed E-state index contributed by atoms with van der Waals surface area (Å²) in [7, 11) is 3.32. The van der Waals surface area contributed by atoms with Crippen molar-refractivity contribution in [3.63, 3.8) is 0 Å². The Balaban J connectivity index is 2.78. The summed E-state index contributed by atoms with van der Waals surface area (Å²) in [5, 5.41) is 0. The van der Waals surface area contributed by atoms with Gasteiger partial charge in [-0.15, -0.1) is 0 Å². The molecule has 0 aromatic carbocycles. The van der Waals surface area contributed by atoms with Crippen LogP contribution in [0.5, 0.6) is 0 Å². The van der Waals surface area contributed by atoms with E-state index in [0.29, 0.717) is 19.8 Å². The number of hydrazine groups is 1. The third-order valence-electron chi connectivity index (χ3n) is 3.07. The molecular formula is C13H23N3O4. The van der Waals surface area contributed by atoms with Gasteiger partial charge in [-0.25, -0.2) is 5.84 Å². The predicted molar refractivity (Wildman–Crippen MR) is 74.0 cm³/mol. The highest BCUT2D eigenvalue weighted by molar-refractivity contribution is 5.92. The number of amides is 1. The van der Waals surface area contributed by atoms with Gasteiger partial charge in [0, 0.05) is 38.9 Å². The predicted octanol–water partition coefficient (Wildman–Crippen LogP) is 0.366. The van der Waals surface area contributed by atoms with Gasteiger partial charge in [-0.1, -0.05) is 0 Å². The zero-order valence-corrected chi connectivity index (χ0v) is 12.2. The Morgan fingerprint density at radius 2 is 2.25 bits per heavy atom. The van der Waals surface area contributed by atoms with Gasteiger partial charge in [0.2, 0.25) is 0 Å². The highest BCUT2D eigenvalue weighted by atomic mass is 16.5. The summed E-state index contributed by atoms with van der Waals surface area (Å²) < 4.78 is 15.5. The molecule has 0 aliphatic carbocycles. The van der Waals surface area contributed by atoms with Gasteiger partial charge >= 0.3 is 5.91 Å². The van der Waals surface area contributed by atoms with Crippen LogP contribution in [0.15, 0.2) is 16.7 Å². The van der Waals surface area contributed by atoms with Gasteiger partial charge in [-0.3, -0.25) is 15.1 Å². The largest absolute Gasteiger partial charge is 0.459 e. The van der Waals surface area contributed by atoms with E-state index in [1.807, 2.05) is 0 Å². The quantitative estimate of drug-likeness (QED) is 0.387. The first-order chi connectivity index (χ1) is 9.63. The fourth-order valence-electron chi connectivity index (χ4n) is 1.95. The molecule has 0 fully saturated rings. The lowest BCUT2D eigenvalue weighted by molar-refractivity contribution is 0.0698. The molecule has 1 aromatic rings. The van der Waals surface area contributed by atoms with E-state index in [0.717, 1.165) is 12.1 Å². The van der Waals surface area contributed by atoms with Crippen molar-refractivity contribution in [1.29, 1.82) is 0 Å². The van der Waals surface area contributed by atoms with Crippen molar-refractivity contribution in [1.82, 2.24) is 10.3 Å². The smallest absolute Gasteiger partial charge is 0.301 e. The molecule has 0 aliphatic heterocycles. The standard InChI is InChI=1S/C13H23N3O4/c1-10(9-19-3)16(5-7-18-2)8-11-4-6-20-12(11)13(17)15-14/h4,6,10H,5,7-9,14H2,1-3H3,(H,15,17). The molecule has 1 heterocycles. The van der Waals surface area contributed by atoms with Gasteiger partial charge < -0.3 is 13.9 Å². The van der Waals surface area contributed by atoms with Crippen LogP contribution >= 0.6 is 0 Å². The SMILES string of the molecule is COCCN(Cc1ccoc1C(=O)NN)C(C)COC. The number of nitrogen functional groups attached to an aromatic ring is 1. The van der Waals surface area contributed by atoms with Crippen LogP contribution in [0, 0.1) is 0 Å². The van der Waals surface area contributed by atoms with Crippen molar-refractivity contribution in [2.24, 2.45) is 5.84 Å². The summed E-state index contributed by atoms with van der Waals surface area (Å²) in [6.07, 6.45) is 1.48. The number of furan rings is 1. The zero-order valence-electron chi connectivity index (χ0n) is 12.2. The van der Waals surface area contributed by atoms with E-state index < -0.39 is 5.91 Å². The number of methoxy groups -OCH3 is 2. The molecule has 7 nitrogen and oxygen atoms in total. The van der Waals surface area contributed by atoms with Crippen LogP contribution in [0.4, 0.5) is 0 Å². The van der Waals surface area contributed by atoms with Crippen molar-refractivity contribution < 1.29 is 18.7 Å². The first-order valence-corrected chi connectivity index (χ1v) is 6.43. The van der Waals surface area contributed by atoms with E-state index in [9.17, 15) is 4.79 Å². The first kappa shape index (κ1) is 16.6. The van der Waals surface area contributed by atoms with Gasteiger partial charge in [0.05, 0.1) is 19.5 Å². The highest BCUT2D eigenvalue weighted by Crippen LogP contribution is 2.15. The summed E-state index contributed by atoms with van der Waals surface area (Å²) >= 11 is 0. The Kier molecular flexibility index (Phi) is 7.24. The van der Waals surface area contributed by atoms with Gasteiger partial charge in [0.1, 0.15) is 0 Å². The van der Waals surface area contributed by atoms with E-state index in [1.54, 1.807) is 20.3 Å². The van der Waals surface area contributed by atoms with Gasteiger partial charge in [-0.2, -0.15) is 0 Å². The maximum absolute atomic E-state index is 11.6. The molecule has 0 spiro atoms. The van der Waals surface area contributed by atoms with Crippen LogP contribution in [-0.2, 0) is 16.0 Å².